The second-order valence-corrected chi connectivity index (χ2v) is 9.20. The van der Waals surface area contributed by atoms with Gasteiger partial charge in [0.15, 0.2) is 0 Å². The third kappa shape index (κ3) is 5.67. The van der Waals surface area contributed by atoms with Crippen LogP contribution >= 0.6 is 0 Å². The highest BCUT2D eigenvalue weighted by Crippen LogP contribution is 2.42. The topological polar surface area (TPSA) is 17.1 Å². The van der Waals surface area contributed by atoms with Crippen LogP contribution in [0.1, 0.15) is 76.0 Å². The molecule has 154 valence electrons. The van der Waals surface area contributed by atoms with E-state index >= 15 is 0 Å². The zero-order valence-corrected chi connectivity index (χ0v) is 18.3. The molecule has 2 aliphatic carbocycles. The lowest BCUT2D eigenvalue weighted by atomic mass is 9.77. The van der Waals surface area contributed by atoms with Gasteiger partial charge < -0.3 is 0 Å². The normalized spacial score (nSPS) is 21.7. The number of hydrogen-bond donors (Lipinski definition) is 0. The van der Waals surface area contributed by atoms with E-state index in [-0.39, 0.29) is 0 Å². The molecule has 1 unspecified atom stereocenters. The van der Waals surface area contributed by atoms with Crippen molar-refractivity contribution in [1.82, 2.24) is 0 Å². The Morgan fingerprint density at radius 1 is 1.17 bits per heavy atom. The summed E-state index contributed by atoms with van der Waals surface area (Å²) < 4.78 is 14.8. The van der Waals surface area contributed by atoms with Gasteiger partial charge in [-0.25, -0.2) is 9.18 Å². The second kappa shape index (κ2) is 9.09. The molecule has 1 aromatic carbocycles. The first-order valence-corrected chi connectivity index (χ1v) is 10.8. The zero-order valence-electron chi connectivity index (χ0n) is 18.3. The van der Waals surface area contributed by atoms with Crippen LogP contribution in [0.25, 0.3) is 0 Å². The summed E-state index contributed by atoms with van der Waals surface area (Å²) in [4.78, 5) is 10.7. The van der Waals surface area contributed by atoms with Crippen molar-refractivity contribution < 1.29 is 9.18 Å². The Morgan fingerprint density at radius 2 is 1.97 bits per heavy atom. The van der Waals surface area contributed by atoms with Crippen LogP contribution in [-0.2, 0) is 17.6 Å². The molecule has 3 rings (SSSR count). The maximum atomic E-state index is 14.8. The Hall–Kier alpha value is -2.18. The molecule has 0 N–H and O–H groups in total. The van der Waals surface area contributed by atoms with E-state index in [2.05, 4.69) is 44.2 Å². The average Bonchev–Trinajstić information content (AvgIpc) is 3.10. The summed E-state index contributed by atoms with van der Waals surface area (Å²) in [5, 5.41) is 0. The summed E-state index contributed by atoms with van der Waals surface area (Å²) in [6, 6.07) is 6.61. The quantitative estimate of drug-likeness (QED) is 0.451. The molecule has 0 aliphatic heterocycles. The molecule has 0 heterocycles. The molecule has 1 aromatic rings. The maximum Gasteiger partial charge on any atom is 0.123 e. The van der Waals surface area contributed by atoms with Crippen molar-refractivity contribution in [3.05, 3.63) is 74.9 Å². The van der Waals surface area contributed by atoms with Crippen molar-refractivity contribution in [2.45, 2.75) is 84.7 Å². The van der Waals surface area contributed by atoms with Crippen LogP contribution in [0.3, 0.4) is 0 Å². The molecule has 0 radical (unpaired) electrons. The molecule has 1 nitrogen and oxygen atoms in total. The lowest BCUT2D eigenvalue weighted by Crippen LogP contribution is -2.24. The number of rotatable bonds is 7. The van der Waals surface area contributed by atoms with Gasteiger partial charge in [-0.1, -0.05) is 41.5 Å². The number of hydrogen-bond acceptors (Lipinski definition) is 1. The van der Waals surface area contributed by atoms with Gasteiger partial charge in [-0.05, 0) is 100 Å². The van der Waals surface area contributed by atoms with E-state index in [0.29, 0.717) is 12.8 Å². The van der Waals surface area contributed by atoms with Crippen LogP contribution in [0.2, 0.25) is 0 Å². The molecule has 29 heavy (non-hydrogen) atoms. The van der Waals surface area contributed by atoms with Gasteiger partial charge in [0.2, 0.25) is 0 Å². The minimum atomic E-state index is -1.08. The Labute approximate surface area is 175 Å². The van der Waals surface area contributed by atoms with Gasteiger partial charge in [-0.3, -0.25) is 0 Å². The first-order valence-electron chi connectivity index (χ1n) is 10.8. The third-order valence-electron chi connectivity index (χ3n) is 6.40. The zero-order chi connectivity index (χ0) is 21.0. The lowest BCUT2D eigenvalue weighted by molar-refractivity contribution is 0.165. The number of aryl methyl sites for hydroxylation is 3. The van der Waals surface area contributed by atoms with Crippen molar-refractivity contribution >= 4 is 5.94 Å². The van der Waals surface area contributed by atoms with E-state index in [1.54, 1.807) is 6.92 Å². The molecule has 2 aliphatic rings. The van der Waals surface area contributed by atoms with Crippen molar-refractivity contribution in [1.29, 1.82) is 0 Å². The van der Waals surface area contributed by atoms with Gasteiger partial charge in [-0.15, -0.1) is 0 Å². The Balaban J connectivity index is 1.72. The summed E-state index contributed by atoms with van der Waals surface area (Å²) in [5.41, 5.74) is 9.09. The van der Waals surface area contributed by atoms with Crippen molar-refractivity contribution in [3.63, 3.8) is 0 Å². The van der Waals surface area contributed by atoms with Crippen LogP contribution in [0.5, 0.6) is 0 Å². The van der Waals surface area contributed by atoms with E-state index in [0.717, 1.165) is 44.1 Å². The van der Waals surface area contributed by atoms with Crippen LogP contribution in [-0.4, -0.2) is 11.6 Å². The van der Waals surface area contributed by atoms with E-state index < -0.39 is 5.67 Å². The molecule has 0 bridgehead atoms. The summed E-state index contributed by atoms with van der Waals surface area (Å²) in [6.45, 7) is 7.91. The van der Waals surface area contributed by atoms with E-state index in [1.807, 2.05) is 12.9 Å². The first-order chi connectivity index (χ1) is 13.8. The Morgan fingerprint density at radius 3 is 2.62 bits per heavy atom. The van der Waals surface area contributed by atoms with Gasteiger partial charge in [0.05, 0.1) is 0 Å². The molecule has 1 atom stereocenters. The Bertz CT molecular complexity index is 920. The van der Waals surface area contributed by atoms with Gasteiger partial charge in [0.25, 0.3) is 0 Å². The lowest BCUT2D eigenvalue weighted by Gasteiger charge is -2.31. The van der Waals surface area contributed by atoms with Gasteiger partial charge in [0.1, 0.15) is 11.6 Å². The van der Waals surface area contributed by atoms with Crippen LogP contribution in [0.15, 0.2) is 58.2 Å². The predicted octanol–water partition coefficient (Wildman–Crippen LogP) is 7.12. The molecule has 0 fully saturated rings. The minimum Gasteiger partial charge on any atom is -0.244 e. The van der Waals surface area contributed by atoms with Gasteiger partial charge in [0, 0.05) is 12.0 Å². The molecule has 0 spiro atoms. The maximum absolute atomic E-state index is 14.8. The third-order valence-corrected chi connectivity index (χ3v) is 6.40. The number of allylic oxidation sites excluding steroid dienone is 7. The second-order valence-electron chi connectivity index (χ2n) is 9.20. The van der Waals surface area contributed by atoms with E-state index in [9.17, 15) is 9.18 Å². The minimum absolute atomic E-state index is 0.563. The monoisotopic (exact) mass is 392 g/mol. The van der Waals surface area contributed by atoms with Crippen molar-refractivity contribution in [2.24, 2.45) is 0 Å². The average molecular weight is 393 g/mol. The smallest absolute Gasteiger partial charge is 0.123 e. The largest absolute Gasteiger partial charge is 0.244 e. The standard InChI is InChI=1S/C27H33FO/c1-19-6-9-24(15-19)26-13-14-27(4,28)17-25(26)12-11-23-10-8-22(16-21(23)3)7-5-20(2)18-29/h6,8-10,16H,5,7,11-15,17H2,1-4H3. The molecular formula is C27H33FO. The Kier molecular flexibility index (Phi) is 6.75. The van der Waals surface area contributed by atoms with Gasteiger partial charge >= 0.3 is 0 Å². The van der Waals surface area contributed by atoms with Crippen LogP contribution in [0, 0.1) is 6.92 Å². The molecule has 0 amide bonds. The fourth-order valence-corrected chi connectivity index (χ4v) is 4.56. The summed E-state index contributed by atoms with van der Waals surface area (Å²) in [5.74, 6) is 1.98. The van der Waals surface area contributed by atoms with Crippen molar-refractivity contribution in [3.8, 4) is 0 Å². The van der Waals surface area contributed by atoms with Crippen molar-refractivity contribution in [2.75, 3.05) is 0 Å². The fourth-order valence-electron chi connectivity index (χ4n) is 4.56. The predicted molar refractivity (Wildman–Crippen MR) is 120 cm³/mol. The molecule has 0 aromatic heterocycles. The first kappa shape index (κ1) is 21.5. The van der Waals surface area contributed by atoms with Crippen LogP contribution < -0.4 is 0 Å². The summed E-state index contributed by atoms with van der Waals surface area (Å²) >= 11 is 0. The van der Waals surface area contributed by atoms with Crippen LogP contribution in [0.4, 0.5) is 4.39 Å². The highest BCUT2D eigenvalue weighted by atomic mass is 19.1. The molecular weight excluding hydrogens is 359 g/mol. The highest BCUT2D eigenvalue weighted by molar-refractivity contribution is 5.51. The van der Waals surface area contributed by atoms with E-state index in [4.69, 9.17) is 0 Å². The number of alkyl halides is 1. The SMILES string of the molecule is CC(=C=O)CCc1ccc(CCC2=C(C3=CC=C(C)C3)CCC(C)(F)C2)c(C)c1. The number of carbonyl (C=O) groups excluding carboxylic acids is 1. The molecule has 0 saturated heterocycles. The highest BCUT2D eigenvalue weighted by Gasteiger charge is 2.32. The van der Waals surface area contributed by atoms with E-state index in [1.165, 1.54) is 39.0 Å². The van der Waals surface area contributed by atoms with Gasteiger partial charge in [-0.2, -0.15) is 0 Å². The fraction of sp³-hybridized carbons (Fsp3) is 0.481. The summed E-state index contributed by atoms with van der Waals surface area (Å²) in [7, 11) is 0. The summed E-state index contributed by atoms with van der Waals surface area (Å²) in [6.07, 6.45) is 11.0. The number of halogens is 1. The number of benzene rings is 1. The molecule has 0 saturated carbocycles. The molecule has 2 heteroatoms.